The number of methoxy groups -OCH3 is 1. The quantitative estimate of drug-likeness (QED) is 0.884. The molecule has 0 spiro atoms. The SMILES string of the molecule is CCc1cc(OC)c2oc(C(C)N)c(C)c2c1. The summed E-state index contributed by atoms with van der Waals surface area (Å²) in [5.41, 5.74) is 9.07. The molecule has 1 atom stereocenters. The molecule has 0 radical (unpaired) electrons. The molecule has 2 rings (SSSR count). The Labute approximate surface area is 102 Å². The number of rotatable bonds is 3. The second-order valence-electron chi connectivity index (χ2n) is 4.41. The van der Waals surface area contributed by atoms with E-state index in [0.29, 0.717) is 0 Å². The lowest BCUT2D eigenvalue weighted by Gasteiger charge is -2.03. The Morgan fingerprint density at radius 3 is 2.65 bits per heavy atom. The van der Waals surface area contributed by atoms with Crippen LogP contribution in [0.4, 0.5) is 0 Å². The Morgan fingerprint density at radius 1 is 1.41 bits per heavy atom. The second-order valence-corrected chi connectivity index (χ2v) is 4.41. The van der Waals surface area contributed by atoms with Gasteiger partial charge >= 0.3 is 0 Å². The third-order valence-electron chi connectivity index (χ3n) is 3.14. The van der Waals surface area contributed by atoms with E-state index >= 15 is 0 Å². The number of furan rings is 1. The molecule has 0 aliphatic carbocycles. The molecule has 0 saturated heterocycles. The van der Waals surface area contributed by atoms with E-state index in [4.69, 9.17) is 14.9 Å². The first-order valence-electron chi connectivity index (χ1n) is 5.94. The van der Waals surface area contributed by atoms with Crippen molar-refractivity contribution in [3.63, 3.8) is 0 Å². The maximum atomic E-state index is 5.91. The van der Waals surface area contributed by atoms with Gasteiger partial charge in [-0.05, 0) is 38.0 Å². The van der Waals surface area contributed by atoms with Crippen molar-refractivity contribution in [2.75, 3.05) is 7.11 Å². The summed E-state index contributed by atoms with van der Waals surface area (Å²) < 4.78 is 11.2. The van der Waals surface area contributed by atoms with Gasteiger partial charge in [-0.25, -0.2) is 0 Å². The lowest BCUT2D eigenvalue weighted by Crippen LogP contribution is -2.04. The average Bonchev–Trinajstić information content (AvgIpc) is 2.66. The molecule has 0 aliphatic heterocycles. The third kappa shape index (κ3) is 1.91. The molecule has 3 nitrogen and oxygen atoms in total. The van der Waals surface area contributed by atoms with E-state index in [9.17, 15) is 0 Å². The number of fused-ring (bicyclic) bond motifs is 1. The highest BCUT2D eigenvalue weighted by atomic mass is 16.5. The Balaban J connectivity index is 2.76. The highest BCUT2D eigenvalue weighted by Gasteiger charge is 2.17. The largest absolute Gasteiger partial charge is 0.493 e. The molecule has 1 aromatic heterocycles. The van der Waals surface area contributed by atoms with Crippen molar-refractivity contribution in [2.24, 2.45) is 5.73 Å². The van der Waals surface area contributed by atoms with Crippen LogP contribution in [-0.2, 0) is 6.42 Å². The van der Waals surface area contributed by atoms with Crippen LogP contribution in [0.3, 0.4) is 0 Å². The van der Waals surface area contributed by atoms with E-state index in [0.717, 1.165) is 34.5 Å². The van der Waals surface area contributed by atoms with Crippen LogP contribution < -0.4 is 10.5 Å². The lowest BCUT2D eigenvalue weighted by atomic mass is 10.1. The standard InChI is InChI=1S/C14H19NO2/c1-5-10-6-11-8(2)13(9(3)15)17-14(11)12(7-10)16-4/h6-7,9H,5,15H2,1-4H3. The molecular formula is C14H19NO2. The second kappa shape index (κ2) is 4.41. The highest BCUT2D eigenvalue weighted by molar-refractivity contribution is 5.88. The Kier molecular flexibility index (Phi) is 3.11. The van der Waals surface area contributed by atoms with E-state index in [2.05, 4.69) is 13.0 Å². The molecular weight excluding hydrogens is 214 g/mol. The Hall–Kier alpha value is -1.48. The van der Waals surface area contributed by atoms with Gasteiger partial charge in [0.1, 0.15) is 5.76 Å². The van der Waals surface area contributed by atoms with Crippen LogP contribution in [0.15, 0.2) is 16.5 Å². The van der Waals surface area contributed by atoms with Crippen molar-refractivity contribution in [1.29, 1.82) is 0 Å². The Bertz CT molecular complexity index is 541. The minimum atomic E-state index is -0.0998. The molecule has 17 heavy (non-hydrogen) atoms. The van der Waals surface area contributed by atoms with E-state index < -0.39 is 0 Å². The number of benzene rings is 1. The van der Waals surface area contributed by atoms with Crippen molar-refractivity contribution in [3.8, 4) is 5.75 Å². The van der Waals surface area contributed by atoms with Crippen LogP contribution in [0.5, 0.6) is 5.75 Å². The molecule has 0 fully saturated rings. The topological polar surface area (TPSA) is 48.4 Å². The first-order valence-corrected chi connectivity index (χ1v) is 5.94. The van der Waals surface area contributed by atoms with E-state index in [1.165, 1.54) is 5.56 Å². The maximum absolute atomic E-state index is 5.91. The molecule has 0 saturated carbocycles. The van der Waals surface area contributed by atoms with Crippen LogP contribution >= 0.6 is 0 Å². The van der Waals surface area contributed by atoms with Crippen LogP contribution in [0, 0.1) is 6.92 Å². The van der Waals surface area contributed by atoms with Gasteiger partial charge in [0, 0.05) is 10.9 Å². The van der Waals surface area contributed by atoms with Crippen LogP contribution in [0.25, 0.3) is 11.0 Å². The van der Waals surface area contributed by atoms with Gasteiger partial charge in [0.05, 0.1) is 13.2 Å². The maximum Gasteiger partial charge on any atom is 0.176 e. The van der Waals surface area contributed by atoms with Crippen molar-refractivity contribution in [2.45, 2.75) is 33.2 Å². The number of nitrogens with two attached hydrogens (primary N) is 1. The summed E-state index contributed by atoms with van der Waals surface area (Å²) in [5.74, 6) is 1.63. The van der Waals surface area contributed by atoms with Gasteiger partial charge in [-0.15, -0.1) is 0 Å². The summed E-state index contributed by atoms with van der Waals surface area (Å²) in [5, 5.41) is 1.11. The summed E-state index contributed by atoms with van der Waals surface area (Å²) in [6, 6.07) is 4.08. The molecule has 2 N–H and O–H groups in total. The summed E-state index contributed by atoms with van der Waals surface area (Å²) in [6.07, 6.45) is 0.977. The van der Waals surface area contributed by atoms with Gasteiger partial charge < -0.3 is 14.9 Å². The average molecular weight is 233 g/mol. The predicted molar refractivity (Wildman–Crippen MR) is 69.5 cm³/mol. The number of hydrogen-bond acceptors (Lipinski definition) is 3. The molecule has 1 unspecified atom stereocenters. The van der Waals surface area contributed by atoms with E-state index in [1.54, 1.807) is 7.11 Å². The first kappa shape index (κ1) is 12.0. The van der Waals surface area contributed by atoms with Gasteiger partial charge in [0.2, 0.25) is 0 Å². The van der Waals surface area contributed by atoms with Crippen LogP contribution in [0.1, 0.15) is 36.8 Å². The zero-order valence-corrected chi connectivity index (χ0v) is 10.8. The van der Waals surface area contributed by atoms with Crippen LogP contribution in [-0.4, -0.2) is 7.11 Å². The minimum absolute atomic E-state index is 0.0998. The van der Waals surface area contributed by atoms with Crippen molar-refractivity contribution >= 4 is 11.0 Å². The Morgan fingerprint density at radius 2 is 2.12 bits per heavy atom. The smallest absolute Gasteiger partial charge is 0.176 e. The van der Waals surface area contributed by atoms with Crippen LogP contribution in [0.2, 0.25) is 0 Å². The summed E-state index contributed by atoms with van der Waals surface area (Å²) in [4.78, 5) is 0. The fourth-order valence-electron chi connectivity index (χ4n) is 2.15. The van der Waals surface area contributed by atoms with Gasteiger partial charge in [0.15, 0.2) is 11.3 Å². The molecule has 2 aromatic rings. The van der Waals surface area contributed by atoms with Crippen molar-refractivity contribution < 1.29 is 9.15 Å². The lowest BCUT2D eigenvalue weighted by molar-refractivity contribution is 0.405. The molecule has 1 aromatic carbocycles. The van der Waals surface area contributed by atoms with E-state index in [-0.39, 0.29) is 6.04 Å². The molecule has 0 bridgehead atoms. The van der Waals surface area contributed by atoms with Crippen molar-refractivity contribution in [1.82, 2.24) is 0 Å². The summed E-state index contributed by atoms with van der Waals surface area (Å²) >= 11 is 0. The van der Waals surface area contributed by atoms with Gasteiger partial charge in [-0.1, -0.05) is 6.92 Å². The normalized spacial score (nSPS) is 13.0. The van der Waals surface area contributed by atoms with Gasteiger partial charge in [-0.2, -0.15) is 0 Å². The third-order valence-corrected chi connectivity index (χ3v) is 3.14. The fraction of sp³-hybridized carbons (Fsp3) is 0.429. The molecule has 0 aliphatic rings. The zero-order valence-electron chi connectivity index (χ0n) is 10.8. The van der Waals surface area contributed by atoms with Gasteiger partial charge in [-0.3, -0.25) is 0 Å². The van der Waals surface area contributed by atoms with E-state index in [1.807, 2.05) is 19.9 Å². The molecule has 92 valence electrons. The molecule has 1 heterocycles. The van der Waals surface area contributed by atoms with Crippen molar-refractivity contribution in [3.05, 3.63) is 29.0 Å². The summed E-state index contributed by atoms with van der Waals surface area (Å²) in [6.45, 7) is 6.10. The number of aryl methyl sites for hydroxylation is 2. The summed E-state index contributed by atoms with van der Waals surface area (Å²) in [7, 11) is 1.66. The fourth-order valence-corrected chi connectivity index (χ4v) is 2.15. The number of hydrogen-bond donors (Lipinski definition) is 1. The minimum Gasteiger partial charge on any atom is -0.493 e. The monoisotopic (exact) mass is 233 g/mol. The molecule has 3 heteroatoms. The van der Waals surface area contributed by atoms with Gasteiger partial charge in [0.25, 0.3) is 0 Å². The first-order chi connectivity index (χ1) is 8.08. The molecule has 0 amide bonds. The predicted octanol–water partition coefficient (Wildman–Crippen LogP) is 3.33. The number of ether oxygens (including phenoxy) is 1. The zero-order chi connectivity index (χ0) is 12.6. The highest BCUT2D eigenvalue weighted by Crippen LogP contribution is 2.35.